The fraction of sp³-hybridized carbons (Fsp3) is 0.263. The van der Waals surface area contributed by atoms with Crippen LogP contribution in [0.3, 0.4) is 0 Å². The summed E-state index contributed by atoms with van der Waals surface area (Å²) in [5, 5.41) is 4.64. The number of rotatable bonds is 5. The van der Waals surface area contributed by atoms with Gasteiger partial charge in [-0.25, -0.2) is 14.6 Å². The van der Waals surface area contributed by atoms with Crippen molar-refractivity contribution in [2.75, 3.05) is 5.43 Å². The van der Waals surface area contributed by atoms with Gasteiger partial charge in [0.25, 0.3) is 5.91 Å². The van der Waals surface area contributed by atoms with E-state index in [4.69, 9.17) is 0 Å². The van der Waals surface area contributed by atoms with Gasteiger partial charge in [-0.3, -0.25) is 15.6 Å². The Morgan fingerprint density at radius 1 is 1.08 bits per heavy atom. The molecule has 26 heavy (non-hydrogen) atoms. The van der Waals surface area contributed by atoms with E-state index in [1.54, 1.807) is 4.68 Å². The van der Waals surface area contributed by atoms with Gasteiger partial charge in [-0.2, -0.15) is 5.10 Å². The van der Waals surface area contributed by atoms with Crippen LogP contribution >= 0.6 is 0 Å². The molecule has 0 aliphatic heterocycles. The number of amides is 1. The highest BCUT2D eigenvalue weighted by molar-refractivity contribution is 5.94. The number of nitrogens with one attached hydrogen (secondary N) is 2. The molecule has 0 bridgehead atoms. The van der Waals surface area contributed by atoms with Crippen molar-refractivity contribution in [3.05, 3.63) is 65.2 Å². The molecular formula is C19H20N6O. The third-order valence-corrected chi connectivity index (χ3v) is 4.23. The molecule has 1 saturated carbocycles. The number of carbonyl (C=O) groups excluding carboxylic acids is 1. The molecule has 0 spiro atoms. The molecule has 1 aliphatic rings. The molecule has 0 atom stereocenters. The van der Waals surface area contributed by atoms with Crippen molar-refractivity contribution in [2.45, 2.75) is 32.6 Å². The highest BCUT2D eigenvalue weighted by Gasteiger charge is 2.29. The number of aromatic nitrogens is 4. The van der Waals surface area contributed by atoms with E-state index in [0.29, 0.717) is 17.6 Å². The van der Waals surface area contributed by atoms with Gasteiger partial charge >= 0.3 is 0 Å². The number of carbonyl (C=O) groups is 1. The summed E-state index contributed by atoms with van der Waals surface area (Å²) in [5.74, 6) is 0.544. The number of hydrogen-bond donors (Lipinski definition) is 2. The lowest BCUT2D eigenvalue weighted by molar-refractivity contribution is 0.0954. The predicted octanol–water partition coefficient (Wildman–Crippen LogP) is 2.91. The summed E-state index contributed by atoms with van der Waals surface area (Å²) in [7, 11) is 0. The Morgan fingerprint density at radius 3 is 2.42 bits per heavy atom. The summed E-state index contributed by atoms with van der Waals surface area (Å²) in [6, 6.07) is 13.4. The van der Waals surface area contributed by atoms with Crippen LogP contribution in [0.1, 0.15) is 46.3 Å². The second-order valence-electron chi connectivity index (χ2n) is 6.53. The topological polar surface area (TPSA) is 84.7 Å². The van der Waals surface area contributed by atoms with Crippen molar-refractivity contribution in [1.82, 2.24) is 25.2 Å². The lowest BCUT2D eigenvalue weighted by Gasteiger charge is -2.10. The van der Waals surface area contributed by atoms with Crippen molar-refractivity contribution in [2.24, 2.45) is 0 Å². The molecule has 132 valence electrons. The molecule has 0 radical (unpaired) electrons. The first-order valence-corrected chi connectivity index (χ1v) is 8.64. The van der Waals surface area contributed by atoms with Gasteiger partial charge in [0.2, 0.25) is 5.95 Å². The van der Waals surface area contributed by atoms with Gasteiger partial charge in [-0.1, -0.05) is 18.2 Å². The smallest absolute Gasteiger partial charge is 0.266 e. The van der Waals surface area contributed by atoms with Crippen molar-refractivity contribution >= 4 is 11.9 Å². The monoisotopic (exact) mass is 348 g/mol. The molecule has 3 aromatic rings. The van der Waals surface area contributed by atoms with E-state index in [0.717, 1.165) is 35.6 Å². The Morgan fingerprint density at radius 2 is 1.77 bits per heavy atom. The van der Waals surface area contributed by atoms with Gasteiger partial charge in [0.1, 0.15) is 5.69 Å². The second kappa shape index (κ2) is 6.59. The van der Waals surface area contributed by atoms with E-state index in [1.165, 1.54) is 0 Å². The fourth-order valence-corrected chi connectivity index (χ4v) is 2.86. The average Bonchev–Trinajstić information content (AvgIpc) is 3.38. The molecule has 1 fully saturated rings. The van der Waals surface area contributed by atoms with Crippen LogP contribution in [0.4, 0.5) is 5.95 Å². The molecule has 0 unspecified atom stereocenters. The van der Waals surface area contributed by atoms with Crippen molar-refractivity contribution < 1.29 is 4.79 Å². The number of anilines is 1. The summed E-state index contributed by atoms with van der Waals surface area (Å²) in [4.78, 5) is 21.3. The van der Waals surface area contributed by atoms with Gasteiger partial charge in [0, 0.05) is 17.3 Å². The highest BCUT2D eigenvalue weighted by Crippen LogP contribution is 2.39. The summed E-state index contributed by atoms with van der Waals surface area (Å²) in [5.41, 5.74) is 9.43. The normalized spacial score (nSPS) is 13.5. The van der Waals surface area contributed by atoms with Crippen LogP contribution in [0.2, 0.25) is 0 Å². The van der Waals surface area contributed by atoms with Crippen LogP contribution in [0.5, 0.6) is 0 Å². The lowest BCUT2D eigenvalue weighted by Crippen LogP contribution is -2.32. The van der Waals surface area contributed by atoms with Crippen LogP contribution in [-0.4, -0.2) is 25.7 Å². The molecule has 0 saturated heterocycles. The zero-order valence-electron chi connectivity index (χ0n) is 14.7. The summed E-state index contributed by atoms with van der Waals surface area (Å²) < 4.78 is 1.69. The minimum atomic E-state index is -0.281. The zero-order chi connectivity index (χ0) is 18.1. The zero-order valence-corrected chi connectivity index (χ0v) is 14.7. The third-order valence-electron chi connectivity index (χ3n) is 4.23. The quantitative estimate of drug-likeness (QED) is 0.693. The summed E-state index contributed by atoms with van der Waals surface area (Å²) in [6.07, 6.45) is 2.25. The minimum absolute atomic E-state index is 0.281. The molecule has 7 nitrogen and oxygen atoms in total. The van der Waals surface area contributed by atoms with Crippen LogP contribution in [-0.2, 0) is 0 Å². The lowest BCUT2D eigenvalue weighted by atomic mass is 10.2. The molecule has 2 N–H and O–H groups in total. The predicted molar refractivity (Wildman–Crippen MR) is 98.1 cm³/mol. The van der Waals surface area contributed by atoms with Crippen LogP contribution in [0.25, 0.3) is 5.69 Å². The third kappa shape index (κ3) is 3.42. The fourth-order valence-electron chi connectivity index (χ4n) is 2.86. The van der Waals surface area contributed by atoms with E-state index in [1.807, 2.05) is 56.3 Å². The van der Waals surface area contributed by atoms with Gasteiger partial charge in [-0.05, 0) is 51.0 Å². The SMILES string of the molecule is Cc1cc(C)nc(NNC(=O)c2cc(C3CC3)nn2-c2ccccc2)n1. The number of para-hydroxylation sites is 1. The van der Waals surface area contributed by atoms with Crippen molar-refractivity contribution in [3.63, 3.8) is 0 Å². The summed E-state index contributed by atoms with van der Waals surface area (Å²) >= 11 is 0. The maximum absolute atomic E-state index is 12.7. The van der Waals surface area contributed by atoms with E-state index < -0.39 is 0 Å². The van der Waals surface area contributed by atoms with E-state index in [-0.39, 0.29) is 5.91 Å². The van der Waals surface area contributed by atoms with E-state index in [9.17, 15) is 4.79 Å². The molecule has 7 heteroatoms. The molecule has 2 aromatic heterocycles. The minimum Gasteiger partial charge on any atom is -0.266 e. The Labute approximate surface area is 151 Å². The maximum Gasteiger partial charge on any atom is 0.288 e. The van der Waals surface area contributed by atoms with Crippen molar-refractivity contribution in [1.29, 1.82) is 0 Å². The Bertz CT molecular complexity index is 926. The number of hydrogen-bond acceptors (Lipinski definition) is 5. The van der Waals surface area contributed by atoms with Crippen molar-refractivity contribution in [3.8, 4) is 5.69 Å². The number of aryl methyl sites for hydroxylation is 2. The standard InChI is InChI=1S/C19H20N6O/c1-12-10-13(2)21-19(20-12)23-22-18(26)17-11-16(14-8-9-14)24-25(17)15-6-4-3-5-7-15/h3-7,10-11,14H,8-9H2,1-2H3,(H,22,26)(H,20,21,23). The Kier molecular flexibility index (Phi) is 4.12. The van der Waals surface area contributed by atoms with Gasteiger partial charge in [0.05, 0.1) is 11.4 Å². The van der Waals surface area contributed by atoms with Gasteiger partial charge < -0.3 is 0 Å². The Balaban J connectivity index is 1.58. The van der Waals surface area contributed by atoms with Crippen LogP contribution in [0, 0.1) is 13.8 Å². The Hall–Kier alpha value is -3.22. The second-order valence-corrected chi connectivity index (χ2v) is 6.53. The first-order valence-electron chi connectivity index (χ1n) is 8.64. The maximum atomic E-state index is 12.7. The molecule has 1 aromatic carbocycles. The summed E-state index contributed by atoms with van der Waals surface area (Å²) in [6.45, 7) is 3.77. The van der Waals surface area contributed by atoms with Crippen LogP contribution in [0.15, 0.2) is 42.5 Å². The molecular weight excluding hydrogens is 328 g/mol. The van der Waals surface area contributed by atoms with E-state index >= 15 is 0 Å². The molecule has 1 amide bonds. The number of benzene rings is 1. The average molecular weight is 348 g/mol. The van der Waals surface area contributed by atoms with Crippen LogP contribution < -0.4 is 10.9 Å². The molecule has 2 heterocycles. The molecule has 1 aliphatic carbocycles. The van der Waals surface area contributed by atoms with Gasteiger partial charge in [-0.15, -0.1) is 0 Å². The van der Waals surface area contributed by atoms with E-state index in [2.05, 4.69) is 25.9 Å². The number of hydrazine groups is 1. The molecule has 4 rings (SSSR count). The van der Waals surface area contributed by atoms with Gasteiger partial charge in [0.15, 0.2) is 0 Å². The largest absolute Gasteiger partial charge is 0.288 e. The first-order chi connectivity index (χ1) is 12.6. The number of nitrogens with zero attached hydrogens (tertiary/aromatic N) is 4. The highest BCUT2D eigenvalue weighted by atomic mass is 16.2. The first kappa shape index (κ1) is 16.3.